The maximum absolute atomic E-state index is 12.5. The molecule has 7 heteroatoms. The van der Waals surface area contributed by atoms with E-state index in [1.54, 1.807) is 50.6 Å². The molecule has 0 aromatic rings. The van der Waals surface area contributed by atoms with Crippen LogP contribution in [0.2, 0.25) is 0 Å². The highest BCUT2D eigenvalue weighted by atomic mass is 16.5. The van der Waals surface area contributed by atoms with Crippen LogP contribution in [-0.2, 0) is 19.1 Å². The largest absolute Gasteiger partial charge is 0.463 e. The van der Waals surface area contributed by atoms with Gasteiger partial charge in [-0.2, -0.15) is 0 Å². The lowest BCUT2D eigenvalue weighted by atomic mass is 10.00. The number of hydrogen-bond acceptors (Lipinski definition) is 5. The minimum atomic E-state index is -0.712. The molecule has 0 saturated carbocycles. The second kappa shape index (κ2) is 10.3. The van der Waals surface area contributed by atoms with Crippen molar-refractivity contribution in [3.05, 3.63) is 11.6 Å². The van der Waals surface area contributed by atoms with Gasteiger partial charge in [0.05, 0.1) is 24.7 Å². The number of ether oxygens (including phenoxy) is 1. The van der Waals surface area contributed by atoms with Crippen molar-refractivity contribution >= 4 is 17.8 Å². The van der Waals surface area contributed by atoms with Crippen LogP contribution >= 0.6 is 0 Å². The van der Waals surface area contributed by atoms with Gasteiger partial charge in [0, 0.05) is 12.6 Å². The van der Waals surface area contributed by atoms with E-state index in [1.165, 1.54) is 0 Å². The molecule has 0 fully saturated rings. The number of carbonyl (C=O) groups excluding carboxylic acids is 3. The Balaban J connectivity index is 5.07. The van der Waals surface area contributed by atoms with Gasteiger partial charge in [0.25, 0.3) is 0 Å². The third-order valence-corrected chi connectivity index (χ3v) is 4.62. The second-order valence-electron chi connectivity index (χ2n) is 7.45. The molecule has 0 radical (unpaired) electrons. The van der Waals surface area contributed by atoms with Gasteiger partial charge in [0.15, 0.2) is 0 Å². The van der Waals surface area contributed by atoms with Crippen LogP contribution in [0.3, 0.4) is 0 Å². The molecule has 1 atom stereocenters. The van der Waals surface area contributed by atoms with Crippen molar-refractivity contribution in [2.24, 2.45) is 5.92 Å². The number of nitrogens with one attached hydrogen (secondary N) is 1. The van der Waals surface area contributed by atoms with Crippen molar-refractivity contribution < 1.29 is 19.1 Å². The molecule has 26 heavy (non-hydrogen) atoms. The summed E-state index contributed by atoms with van der Waals surface area (Å²) in [6.45, 7) is 11.2. The van der Waals surface area contributed by atoms with Gasteiger partial charge in [-0.05, 0) is 47.7 Å². The summed E-state index contributed by atoms with van der Waals surface area (Å²) in [4.78, 5) is 40.0. The van der Waals surface area contributed by atoms with Gasteiger partial charge in [-0.1, -0.05) is 19.9 Å². The molecule has 0 rings (SSSR count). The van der Waals surface area contributed by atoms with Crippen molar-refractivity contribution in [3.8, 4) is 0 Å². The van der Waals surface area contributed by atoms with E-state index in [1.807, 2.05) is 27.9 Å². The van der Waals surface area contributed by atoms with Gasteiger partial charge >= 0.3 is 5.97 Å². The smallest absolute Gasteiger partial charge is 0.333 e. The van der Waals surface area contributed by atoms with E-state index in [2.05, 4.69) is 5.32 Å². The van der Waals surface area contributed by atoms with E-state index in [4.69, 9.17) is 4.74 Å². The molecule has 7 nitrogen and oxygen atoms in total. The number of nitrogens with zero attached hydrogens (tertiary/aromatic N) is 2. The second-order valence-corrected chi connectivity index (χ2v) is 7.45. The summed E-state index contributed by atoms with van der Waals surface area (Å²) in [6, 6.07) is -0.273. The van der Waals surface area contributed by atoms with Gasteiger partial charge in [-0.15, -0.1) is 0 Å². The summed E-state index contributed by atoms with van der Waals surface area (Å²) >= 11 is 0. The number of hydrogen-bond donors (Lipinski definition) is 1. The molecule has 0 heterocycles. The molecule has 0 aliphatic heterocycles. The summed E-state index contributed by atoms with van der Waals surface area (Å²) in [6.07, 6.45) is 1.74. The minimum Gasteiger partial charge on any atom is -0.463 e. The summed E-state index contributed by atoms with van der Waals surface area (Å²) in [5.74, 6) is -0.731. The highest BCUT2D eigenvalue weighted by Gasteiger charge is 2.31. The summed E-state index contributed by atoms with van der Waals surface area (Å²) in [5.41, 5.74) is -0.251. The zero-order chi connectivity index (χ0) is 20.7. The van der Waals surface area contributed by atoms with Crippen LogP contribution in [0.5, 0.6) is 0 Å². The quantitative estimate of drug-likeness (QED) is 0.491. The van der Waals surface area contributed by atoms with Gasteiger partial charge in [0.2, 0.25) is 11.8 Å². The summed E-state index contributed by atoms with van der Waals surface area (Å²) in [5, 5.41) is 2.69. The Morgan fingerprint density at radius 1 is 1.15 bits per heavy atom. The number of carbonyl (C=O) groups is 3. The number of esters is 1. The van der Waals surface area contributed by atoms with Crippen molar-refractivity contribution in [2.45, 2.75) is 53.1 Å². The molecular weight excluding hydrogens is 334 g/mol. The van der Waals surface area contributed by atoms with Crippen LogP contribution in [0.15, 0.2) is 11.6 Å². The zero-order valence-electron chi connectivity index (χ0n) is 17.7. The first-order chi connectivity index (χ1) is 11.9. The Kier molecular flexibility index (Phi) is 9.56. The van der Waals surface area contributed by atoms with Crippen LogP contribution in [0.25, 0.3) is 0 Å². The predicted molar refractivity (Wildman–Crippen MR) is 103 cm³/mol. The fourth-order valence-corrected chi connectivity index (χ4v) is 2.19. The number of likely N-dealkylation sites (N-methyl/N-ethyl adjacent to an activating group) is 2. The van der Waals surface area contributed by atoms with E-state index in [0.29, 0.717) is 12.2 Å². The minimum absolute atomic E-state index is 0.0951. The first kappa shape index (κ1) is 24.1. The molecule has 0 saturated heterocycles. The fraction of sp³-hybridized carbons (Fsp3) is 0.737. The highest BCUT2D eigenvalue weighted by molar-refractivity contribution is 5.90. The van der Waals surface area contributed by atoms with E-state index >= 15 is 0 Å². The topological polar surface area (TPSA) is 79.0 Å². The van der Waals surface area contributed by atoms with Crippen molar-refractivity contribution in [1.29, 1.82) is 0 Å². The first-order valence-electron chi connectivity index (χ1n) is 8.93. The lowest BCUT2D eigenvalue weighted by Gasteiger charge is -2.32. The summed E-state index contributed by atoms with van der Waals surface area (Å²) < 4.78 is 4.99. The number of rotatable bonds is 9. The van der Waals surface area contributed by atoms with Crippen LogP contribution in [-0.4, -0.2) is 73.5 Å². The van der Waals surface area contributed by atoms with E-state index < -0.39 is 5.54 Å². The zero-order valence-corrected chi connectivity index (χ0v) is 17.7. The molecule has 0 aromatic carbocycles. The van der Waals surface area contributed by atoms with Crippen LogP contribution in [0.1, 0.15) is 41.5 Å². The van der Waals surface area contributed by atoms with Crippen molar-refractivity contribution in [1.82, 2.24) is 15.1 Å². The van der Waals surface area contributed by atoms with Gasteiger partial charge < -0.3 is 15.0 Å². The van der Waals surface area contributed by atoms with E-state index in [0.717, 1.165) is 0 Å². The van der Waals surface area contributed by atoms with Gasteiger partial charge in [0.1, 0.15) is 0 Å². The maximum atomic E-state index is 12.5. The van der Waals surface area contributed by atoms with Crippen molar-refractivity contribution in [2.75, 3.05) is 34.3 Å². The van der Waals surface area contributed by atoms with Crippen LogP contribution < -0.4 is 5.32 Å². The first-order valence-corrected chi connectivity index (χ1v) is 8.93. The summed E-state index contributed by atoms with van der Waals surface area (Å²) in [7, 11) is 5.29. The normalized spacial score (nSPS) is 13.6. The van der Waals surface area contributed by atoms with Gasteiger partial charge in [-0.25, -0.2) is 4.79 Å². The fourth-order valence-electron chi connectivity index (χ4n) is 2.19. The average Bonchev–Trinajstić information content (AvgIpc) is 2.55. The molecule has 1 N–H and O–H groups in total. The standard InChI is InChI=1S/C19H35N3O4/c1-10-26-17(24)14(4)11-15(13(2)3)22(9)16(23)12-20-18(25)19(5,6)21(7)8/h11,13,15H,10,12H2,1-9H3,(H,20,25)/t15-/m1/s1. The van der Waals surface area contributed by atoms with E-state index in [-0.39, 0.29) is 36.3 Å². The Bertz CT molecular complexity index is 539. The Hall–Kier alpha value is -1.89. The van der Waals surface area contributed by atoms with Crippen LogP contribution in [0, 0.1) is 5.92 Å². The van der Waals surface area contributed by atoms with Crippen molar-refractivity contribution in [3.63, 3.8) is 0 Å². The molecule has 0 unspecified atom stereocenters. The molecule has 2 amide bonds. The molecule has 0 aliphatic carbocycles. The monoisotopic (exact) mass is 369 g/mol. The third-order valence-electron chi connectivity index (χ3n) is 4.62. The lowest BCUT2D eigenvalue weighted by Crippen LogP contribution is -2.54. The Morgan fingerprint density at radius 2 is 1.69 bits per heavy atom. The van der Waals surface area contributed by atoms with Crippen LogP contribution in [0.4, 0.5) is 0 Å². The number of amides is 2. The molecule has 150 valence electrons. The SMILES string of the molecule is CCOC(=O)C(C)=C[C@H](C(C)C)N(C)C(=O)CNC(=O)C(C)(C)N(C)C. The molecule has 0 aliphatic rings. The Morgan fingerprint density at radius 3 is 2.12 bits per heavy atom. The predicted octanol–water partition coefficient (Wildman–Crippen LogP) is 1.44. The molecular formula is C19H35N3O4. The van der Waals surface area contributed by atoms with E-state index in [9.17, 15) is 14.4 Å². The lowest BCUT2D eigenvalue weighted by molar-refractivity contribution is -0.138. The third kappa shape index (κ3) is 6.78. The Labute approximate surface area is 157 Å². The molecule has 0 spiro atoms. The highest BCUT2D eigenvalue weighted by Crippen LogP contribution is 2.14. The van der Waals surface area contributed by atoms with Gasteiger partial charge in [-0.3, -0.25) is 14.5 Å². The molecule has 0 bridgehead atoms. The molecule has 0 aromatic heterocycles. The maximum Gasteiger partial charge on any atom is 0.333 e. The average molecular weight is 370 g/mol.